The minimum Gasteiger partial charge on any atom is -0.497 e. The van der Waals surface area contributed by atoms with Gasteiger partial charge in [-0.05, 0) is 41.8 Å². The monoisotopic (exact) mass is 341 g/mol. The van der Waals surface area contributed by atoms with Crippen LogP contribution in [0.3, 0.4) is 0 Å². The predicted molar refractivity (Wildman–Crippen MR) is 95.5 cm³/mol. The lowest BCUT2D eigenvalue weighted by Crippen LogP contribution is -2.27. The summed E-state index contributed by atoms with van der Waals surface area (Å²) in [4.78, 5) is 12.1. The quantitative estimate of drug-likeness (QED) is 0.878. The molecule has 3 rings (SSSR count). The van der Waals surface area contributed by atoms with Gasteiger partial charge in [-0.1, -0.05) is 18.2 Å². The summed E-state index contributed by atoms with van der Waals surface area (Å²) in [6, 6.07) is 13.5. The number of hydrogen-bond acceptors (Lipinski definition) is 4. The van der Waals surface area contributed by atoms with Crippen LogP contribution >= 0.6 is 0 Å². The fourth-order valence-electron chi connectivity index (χ4n) is 2.74. The Labute approximate surface area is 147 Å². The van der Waals surface area contributed by atoms with Crippen molar-refractivity contribution in [3.63, 3.8) is 0 Å². The van der Waals surface area contributed by atoms with E-state index in [0.717, 1.165) is 41.2 Å². The Kier molecular flexibility index (Phi) is 5.77. The number of amides is 1. The molecular formula is C20H23NO4. The maximum atomic E-state index is 12.1. The zero-order chi connectivity index (χ0) is 17.5. The predicted octanol–water partition coefficient (Wildman–Crippen LogP) is 2.76. The van der Waals surface area contributed by atoms with E-state index in [4.69, 9.17) is 14.2 Å². The fraction of sp³-hybridized carbons (Fsp3) is 0.350. The van der Waals surface area contributed by atoms with Crippen molar-refractivity contribution >= 4 is 5.91 Å². The Morgan fingerprint density at radius 2 is 1.92 bits per heavy atom. The Balaban J connectivity index is 1.49. The molecule has 5 nitrogen and oxygen atoms in total. The highest BCUT2D eigenvalue weighted by Gasteiger charge is 2.11. The van der Waals surface area contributed by atoms with Crippen molar-refractivity contribution in [2.75, 3.05) is 26.9 Å². The average Bonchev–Trinajstić information content (AvgIpc) is 2.87. The van der Waals surface area contributed by atoms with Crippen LogP contribution in [0.25, 0.3) is 0 Å². The van der Waals surface area contributed by atoms with E-state index < -0.39 is 0 Å². The average molecular weight is 341 g/mol. The third-order valence-corrected chi connectivity index (χ3v) is 4.05. The SMILES string of the molecule is COc1cccc(CC(=O)NCCc2ccc3c(c2)OCCCO3)c1. The Morgan fingerprint density at radius 3 is 2.76 bits per heavy atom. The molecule has 1 aliphatic rings. The van der Waals surface area contributed by atoms with Crippen molar-refractivity contribution in [1.29, 1.82) is 0 Å². The second-order valence-corrected chi connectivity index (χ2v) is 5.96. The van der Waals surface area contributed by atoms with Crippen molar-refractivity contribution in [3.8, 4) is 17.2 Å². The Hall–Kier alpha value is -2.69. The molecule has 5 heteroatoms. The minimum atomic E-state index is 0.00240. The molecule has 132 valence electrons. The molecule has 2 aromatic carbocycles. The van der Waals surface area contributed by atoms with Crippen LogP contribution in [0, 0.1) is 0 Å². The van der Waals surface area contributed by atoms with Crippen LogP contribution < -0.4 is 19.5 Å². The maximum absolute atomic E-state index is 12.1. The smallest absolute Gasteiger partial charge is 0.224 e. The molecule has 0 bridgehead atoms. The number of benzene rings is 2. The first-order chi connectivity index (χ1) is 12.2. The van der Waals surface area contributed by atoms with Gasteiger partial charge < -0.3 is 19.5 Å². The van der Waals surface area contributed by atoms with Gasteiger partial charge in [-0.15, -0.1) is 0 Å². The van der Waals surface area contributed by atoms with E-state index >= 15 is 0 Å². The largest absolute Gasteiger partial charge is 0.497 e. The summed E-state index contributed by atoms with van der Waals surface area (Å²) in [5, 5.41) is 2.96. The molecule has 0 aromatic heterocycles. The molecule has 1 aliphatic heterocycles. The highest BCUT2D eigenvalue weighted by Crippen LogP contribution is 2.30. The van der Waals surface area contributed by atoms with Crippen molar-refractivity contribution in [1.82, 2.24) is 5.32 Å². The van der Waals surface area contributed by atoms with Crippen LogP contribution in [-0.4, -0.2) is 32.8 Å². The molecule has 0 fully saturated rings. The third kappa shape index (κ3) is 4.89. The molecule has 0 unspecified atom stereocenters. The van der Waals surface area contributed by atoms with Gasteiger partial charge >= 0.3 is 0 Å². The van der Waals surface area contributed by atoms with Crippen molar-refractivity contribution < 1.29 is 19.0 Å². The van der Waals surface area contributed by atoms with Crippen LogP contribution in [0.1, 0.15) is 17.5 Å². The van der Waals surface area contributed by atoms with Gasteiger partial charge in [0.15, 0.2) is 11.5 Å². The fourth-order valence-corrected chi connectivity index (χ4v) is 2.74. The number of carbonyl (C=O) groups excluding carboxylic acids is 1. The highest BCUT2D eigenvalue weighted by atomic mass is 16.5. The van der Waals surface area contributed by atoms with Crippen LogP contribution in [0.2, 0.25) is 0 Å². The zero-order valence-corrected chi connectivity index (χ0v) is 14.4. The first kappa shape index (κ1) is 17.1. The topological polar surface area (TPSA) is 56.8 Å². The lowest BCUT2D eigenvalue weighted by molar-refractivity contribution is -0.120. The molecule has 0 atom stereocenters. The van der Waals surface area contributed by atoms with Gasteiger partial charge in [0.1, 0.15) is 5.75 Å². The molecule has 1 heterocycles. The van der Waals surface area contributed by atoms with Crippen LogP contribution in [0.5, 0.6) is 17.2 Å². The van der Waals surface area contributed by atoms with E-state index in [0.29, 0.717) is 26.2 Å². The van der Waals surface area contributed by atoms with E-state index in [1.807, 2.05) is 42.5 Å². The van der Waals surface area contributed by atoms with Crippen LogP contribution in [0.4, 0.5) is 0 Å². The molecule has 1 N–H and O–H groups in total. The normalized spacial score (nSPS) is 13.0. The second-order valence-electron chi connectivity index (χ2n) is 5.96. The number of nitrogens with one attached hydrogen (secondary N) is 1. The van der Waals surface area contributed by atoms with Gasteiger partial charge in [0.2, 0.25) is 5.91 Å². The molecule has 0 spiro atoms. The summed E-state index contributed by atoms with van der Waals surface area (Å²) in [6.45, 7) is 1.95. The van der Waals surface area contributed by atoms with E-state index in [9.17, 15) is 4.79 Å². The first-order valence-corrected chi connectivity index (χ1v) is 8.53. The summed E-state index contributed by atoms with van der Waals surface area (Å²) >= 11 is 0. The summed E-state index contributed by atoms with van der Waals surface area (Å²) in [6.07, 6.45) is 1.99. The molecule has 0 saturated heterocycles. The van der Waals surface area contributed by atoms with Gasteiger partial charge in [-0.2, -0.15) is 0 Å². The van der Waals surface area contributed by atoms with Crippen LogP contribution in [-0.2, 0) is 17.6 Å². The molecule has 25 heavy (non-hydrogen) atoms. The lowest BCUT2D eigenvalue weighted by atomic mass is 10.1. The maximum Gasteiger partial charge on any atom is 0.224 e. The number of hydrogen-bond donors (Lipinski definition) is 1. The van der Waals surface area contributed by atoms with Gasteiger partial charge in [0.25, 0.3) is 0 Å². The zero-order valence-electron chi connectivity index (χ0n) is 14.4. The molecule has 2 aromatic rings. The molecule has 1 amide bonds. The van der Waals surface area contributed by atoms with Gasteiger partial charge in [0, 0.05) is 13.0 Å². The summed E-state index contributed by atoms with van der Waals surface area (Å²) in [7, 11) is 1.62. The summed E-state index contributed by atoms with van der Waals surface area (Å²) < 4.78 is 16.5. The summed E-state index contributed by atoms with van der Waals surface area (Å²) in [5.41, 5.74) is 2.05. The molecular weight excluding hydrogens is 318 g/mol. The van der Waals surface area contributed by atoms with Crippen molar-refractivity contribution in [3.05, 3.63) is 53.6 Å². The van der Waals surface area contributed by atoms with E-state index in [1.54, 1.807) is 7.11 Å². The van der Waals surface area contributed by atoms with Gasteiger partial charge in [-0.25, -0.2) is 0 Å². The number of methoxy groups -OCH3 is 1. The van der Waals surface area contributed by atoms with Gasteiger partial charge in [0.05, 0.1) is 26.7 Å². The van der Waals surface area contributed by atoms with Crippen molar-refractivity contribution in [2.45, 2.75) is 19.3 Å². The minimum absolute atomic E-state index is 0.00240. The number of carbonyl (C=O) groups is 1. The Morgan fingerprint density at radius 1 is 1.08 bits per heavy atom. The van der Waals surface area contributed by atoms with E-state index in [1.165, 1.54) is 0 Å². The van der Waals surface area contributed by atoms with Crippen molar-refractivity contribution in [2.24, 2.45) is 0 Å². The summed E-state index contributed by atoms with van der Waals surface area (Å²) in [5.74, 6) is 2.35. The molecule has 0 radical (unpaired) electrons. The third-order valence-electron chi connectivity index (χ3n) is 4.05. The highest BCUT2D eigenvalue weighted by molar-refractivity contribution is 5.78. The number of ether oxygens (including phenoxy) is 3. The lowest BCUT2D eigenvalue weighted by Gasteiger charge is -2.10. The number of fused-ring (bicyclic) bond motifs is 1. The molecule has 0 saturated carbocycles. The second kappa shape index (κ2) is 8.42. The van der Waals surface area contributed by atoms with Crippen LogP contribution in [0.15, 0.2) is 42.5 Å². The van der Waals surface area contributed by atoms with Gasteiger partial charge in [-0.3, -0.25) is 4.79 Å². The van der Waals surface area contributed by atoms with E-state index in [-0.39, 0.29) is 5.91 Å². The number of rotatable bonds is 6. The standard InChI is InChI=1S/C20H23NO4/c1-23-17-5-2-4-16(12-17)14-20(22)21-9-8-15-6-7-18-19(13-15)25-11-3-10-24-18/h2,4-7,12-13H,3,8-11,14H2,1H3,(H,21,22). The molecule has 0 aliphatic carbocycles. The Bertz CT molecular complexity index is 729. The first-order valence-electron chi connectivity index (χ1n) is 8.53. The van der Waals surface area contributed by atoms with E-state index in [2.05, 4.69) is 5.32 Å².